The van der Waals surface area contributed by atoms with Gasteiger partial charge in [0.15, 0.2) is 11.5 Å². The number of aromatic amines is 1. The number of benzene rings is 1. The molecule has 1 N–H and O–H groups in total. The van der Waals surface area contributed by atoms with E-state index in [0.29, 0.717) is 90.8 Å². The number of hydrogen-bond acceptors (Lipinski definition) is 9. The molecule has 2 rings (SSSR count). The first kappa shape index (κ1) is 25.3. The maximum Gasteiger partial charge on any atom is 0.163 e. The van der Waals surface area contributed by atoms with Crippen LogP contribution in [0.3, 0.4) is 0 Å². The molecule has 176 valence electrons. The highest BCUT2D eigenvalue weighted by molar-refractivity contribution is 5.79. The molecule has 0 unspecified atom stereocenters. The molecule has 0 radical (unpaired) electrons. The fourth-order valence-corrected chi connectivity index (χ4v) is 2.52. The highest BCUT2D eigenvalue weighted by Gasteiger charge is 2.10. The van der Waals surface area contributed by atoms with Crippen LogP contribution in [-0.2, 0) is 28.4 Å². The lowest BCUT2D eigenvalue weighted by atomic mass is 10.2. The van der Waals surface area contributed by atoms with Gasteiger partial charge in [0.2, 0.25) is 0 Å². The number of imidazole rings is 1. The molecule has 0 spiro atoms. The number of rotatable bonds is 20. The first-order chi connectivity index (χ1) is 15.3. The number of hydrogen-bond donors (Lipinski definition) is 1. The minimum Gasteiger partial charge on any atom is -0.487 e. The third-order valence-electron chi connectivity index (χ3n) is 4.06. The molecule has 0 atom stereocenters. The van der Waals surface area contributed by atoms with Gasteiger partial charge >= 0.3 is 0 Å². The molecule has 0 fully saturated rings. The van der Waals surface area contributed by atoms with Gasteiger partial charge in [-0.15, -0.1) is 0 Å². The van der Waals surface area contributed by atoms with E-state index in [2.05, 4.69) is 9.97 Å². The van der Waals surface area contributed by atoms with Gasteiger partial charge in [-0.3, -0.25) is 0 Å². The van der Waals surface area contributed by atoms with Crippen molar-refractivity contribution in [3.63, 3.8) is 0 Å². The van der Waals surface area contributed by atoms with E-state index < -0.39 is 0 Å². The molecule has 0 aliphatic rings. The van der Waals surface area contributed by atoms with Crippen LogP contribution in [0.15, 0.2) is 18.5 Å². The van der Waals surface area contributed by atoms with Crippen LogP contribution < -0.4 is 9.47 Å². The third-order valence-corrected chi connectivity index (χ3v) is 4.06. The number of nitrogens with one attached hydrogen (secondary N) is 1. The standard InChI is InChI=1S/C21H34N2O8/c1-24-3-5-26-7-9-28-11-13-30-20-15-18-19(23-17-22-18)16-21(20)31-14-12-29-10-8-27-6-4-25-2/h15-17H,3-14H2,1-2H3,(H,22,23). The Kier molecular flexibility index (Phi) is 13.6. The van der Waals surface area contributed by atoms with E-state index in [0.717, 1.165) is 11.0 Å². The first-order valence-corrected chi connectivity index (χ1v) is 10.4. The van der Waals surface area contributed by atoms with Crippen LogP contribution in [0.2, 0.25) is 0 Å². The summed E-state index contributed by atoms with van der Waals surface area (Å²) in [5.74, 6) is 1.24. The Morgan fingerprint density at radius 1 is 0.613 bits per heavy atom. The molecular formula is C21H34N2O8. The SMILES string of the molecule is COCCOCCOCCOc1cc2nc[nH]c2cc1OCCOCCOCCOC. The average molecular weight is 443 g/mol. The molecule has 0 amide bonds. The zero-order chi connectivity index (χ0) is 22.0. The summed E-state index contributed by atoms with van der Waals surface area (Å²) in [5, 5.41) is 0. The lowest BCUT2D eigenvalue weighted by Crippen LogP contribution is -2.14. The average Bonchev–Trinajstić information content (AvgIpc) is 3.24. The fraction of sp³-hybridized carbons (Fsp3) is 0.667. The summed E-state index contributed by atoms with van der Waals surface area (Å²) in [7, 11) is 3.28. The van der Waals surface area contributed by atoms with E-state index in [4.69, 9.17) is 37.9 Å². The number of nitrogens with zero attached hydrogens (tertiary/aromatic N) is 1. The van der Waals surface area contributed by atoms with Crippen molar-refractivity contribution in [2.24, 2.45) is 0 Å². The molecule has 1 aromatic heterocycles. The summed E-state index contributed by atoms with van der Waals surface area (Å²) < 4.78 is 43.3. The van der Waals surface area contributed by atoms with Crippen LogP contribution >= 0.6 is 0 Å². The minimum atomic E-state index is 0.389. The van der Waals surface area contributed by atoms with Crippen LogP contribution in [-0.4, -0.2) is 103 Å². The van der Waals surface area contributed by atoms with Gasteiger partial charge in [-0.25, -0.2) is 4.98 Å². The molecular weight excluding hydrogens is 408 g/mol. The molecule has 0 bridgehead atoms. The molecule has 10 nitrogen and oxygen atoms in total. The summed E-state index contributed by atoms with van der Waals surface area (Å²) in [6.07, 6.45) is 1.64. The molecule has 0 saturated carbocycles. The molecule has 2 aromatic rings. The summed E-state index contributed by atoms with van der Waals surface area (Å²) >= 11 is 0. The maximum atomic E-state index is 5.86. The number of methoxy groups -OCH3 is 2. The van der Waals surface area contributed by atoms with E-state index in [1.165, 1.54) is 0 Å². The van der Waals surface area contributed by atoms with Gasteiger partial charge in [0.1, 0.15) is 13.2 Å². The first-order valence-electron chi connectivity index (χ1n) is 10.4. The van der Waals surface area contributed by atoms with Crippen LogP contribution in [0.1, 0.15) is 0 Å². The highest BCUT2D eigenvalue weighted by atomic mass is 16.6. The van der Waals surface area contributed by atoms with Crippen molar-refractivity contribution < 1.29 is 37.9 Å². The Labute approximate surface area is 183 Å². The van der Waals surface area contributed by atoms with Crippen LogP contribution in [0.4, 0.5) is 0 Å². The zero-order valence-corrected chi connectivity index (χ0v) is 18.4. The molecule has 1 aromatic carbocycles. The third kappa shape index (κ3) is 10.8. The van der Waals surface area contributed by atoms with Gasteiger partial charge in [0, 0.05) is 26.4 Å². The Bertz CT molecular complexity index is 641. The second kappa shape index (κ2) is 16.7. The Morgan fingerprint density at radius 2 is 1.06 bits per heavy atom. The molecule has 1 heterocycles. The van der Waals surface area contributed by atoms with Crippen LogP contribution in [0.5, 0.6) is 11.5 Å². The zero-order valence-electron chi connectivity index (χ0n) is 18.4. The smallest absolute Gasteiger partial charge is 0.163 e. The van der Waals surface area contributed by atoms with Crippen molar-refractivity contribution in [3.8, 4) is 11.5 Å². The molecule has 0 aliphatic heterocycles. The molecule has 10 heteroatoms. The van der Waals surface area contributed by atoms with Gasteiger partial charge in [-0.1, -0.05) is 0 Å². The van der Waals surface area contributed by atoms with Gasteiger partial charge in [-0.05, 0) is 0 Å². The van der Waals surface area contributed by atoms with E-state index in [9.17, 15) is 0 Å². The van der Waals surface area contributed by atoms with E-state index in [1.54, 1.807) is 20.5 Å². The van der Waals surface area contributed by atoms with Crippen molar-refractivity contribution >= 4 is 11.0 Å². The minimum absolute atomic E-state index is 0.389. The van der Waals surface area contributed by atoms with Crippen molar-refractivity contribution in [1.29, 1.82) is 0 Å². The van der Waals surface area contributed by atoms with Crippen molar-refractivity contribution in [2.45, 2.75) is 0 Å². The fourth-order valence-electron chi connectivity index (χ4n) is 2.52. The predicted octanol–water partition coefficient (Wildman–Crippen LogP) is 1.68. The van der Waals surface area contributed by atoms with Gasteiger partial charge < -0.3 is 42.9 Å². The second-order valence-corrected chi connectivity index (χ2v) is 6.35. The number of fused-ring (bicyclic) bond motifs is 1. The summed E-state index contributed by atoms with van der Waals surface area (Å²) in [6, 6.07) is 3.72. The van der Waals surface area contributed by atoms with Crippen molar-refractivity contribution in [3.05, 3.63) is 18.5 Å². The Balaban J connectivity index is 1.67. The van der Waals surface area contributed by atoms with E-state index in [1.807, 2.05) is 12.1 Å². The van der Waals surface area contributed by atoms with Crippen molar-refractivity contribution in [1.82, 2.24) is 9.97 Å². The molecule has 0 saturated heterocycles. The van der Waals surface area contributed by atoms with Crippen LogP contribution in [0, 0.1) is 0 Å². The van der Waals surface area contributed by atoms with Crippen LogP contribution in [0.25, 0.3) is 11.0 Å². The number of ether oxygens (including phenoxy) is 8. The second-order valence-electron chi connectivity index (χ2n) is 6.35. The van der Waals surface area contributed by atoms with Gasteiger partial charge in [0.25, 0.3) is 0 Å². The predicted molar refractivity (Wildman–Crippen MR) is 114 cm³/mol. The van der Waals surface area contributed by atoms with Crippen molar-refractivity contribution in [2.75, 3.05) is 93.5 Å². The lowest BCUT2D eigenvalue weighted by Gasteiger charge is -2.13. The number of H-pyrrole nitrogens is 1. The summed E-state index contributed by atoms with van der Waals surface area (Å²) in [4.78, 5) is 7.34. The monoisotopic (exact) mass is 442 g/mol. The summed E-state index contributed by atoms with van der Waals surface area (Å²) in [6.45, 7) is 6.00. The summed E-state index contributed by atoms with van der Waals surface area (Å²) in [5.41, 5.74) is 1.68. The number of aromatic nitrogens is 2. The van der Waals surface area contributed by atoms with E-state index in [-0.39, 0.29) is 0 Å². The maximum absolute atomic E-state index is 5.86. The topological polar surface area (TPSA) is 103 Å². The molecule has 0 aliphatic carbocycles. The van der Waals surface area contributed by atoms with Gasteiger partial charge in [-0.2, -0.15) is 0 Å². The quantitative estimate of drug-likeness (QED) is 0.307. The largest absolute Gasteiger partial charge is 0.487 e. The highest BCUT2D eigenvalue weighted by Crippen LogP contribution is 2.31. The Morgan fingerprint density at radius 3 is 1.58 bits per heavy atom. The normalized spacial score (nSPS) is 11.3. The van der Waals surface area contributed by atoms with E-state index >= 15 is 0 Å². The Hall–Kier alpha value is -1.95. The lowest BCUT2D eigenvalue weighted by molar-refractivity contribution is 0.0160. The molecule has 31 heavy (non-hydrogen) atoms. The van der Waals surface area contributed by atoms with Gasteiger partial charge in [0.05, 0.1) is 83.4 Å².